The van der Waals surface area contributed by atoms with E-state index in [1.54, 1.807) is 6.92 Å². The smallest absolute Gasteiger partial charge is 0.241 e. The maximum Gasteiger partial charge on any atom is 0.241 e. The highest BCUT2D eigenvalue weighted by Gasteiger charge is 2.38. The molecule has 0 bridgehead atoms. The summed E-state index contributed by atoms with van der Waals surface area (Å²) in [6.07, 6.45) is 1.17. The lowest BCUT2D eigenvalue weighted by atomic mass is 10.1. The van der Waals surface area contributed by atoms with Crippen LogP contribution in [0, 0.1) is 11.3 Å². The number of amides is 1. The molecule has 0 heterocycles. The predicted molar refractivity (Wildman–Crippen MR) is 56.8 cm³/mol. The fourth-order valence-corrected chi connectivity index (χ4v) is 1.15. The average Bonchev–Trinajstić information content (AvgIpc) is 2.02. The maximum absolute atomic E-state index is 11.6. The van der Waals surface area contributed by atoms with Gasteiger partial charge in [-0.3, -0.25) is 4.79 Å². The monoisotopic (exact) mass is 232 g/mol. The van der Waals surface area contributed by atoms with E-state index in [9.17, 15) is 13.2 Å². The SMILES string of the molecule is CC(CC#N)NC(=O)C(C)(C)S(C)(=O)=O. The number of sulfone groups is 1. The topological polar surface area (TPSA) is 87.0 Å². The van der Waals surface area contributed by atoms with Crippen molar-refractivity contribution >= 4 is 15.7 Å². The van der Waals surface area contributed by atoms with Crippen LogP contribution in [0.3, 0.4) is 0 Å². The Bertz CT molecular complexity index is 379. The fourth-order valence-electron chi connectivity index (χ4n) is 0.754. The van der Waals surface area contributed by atoms with Crippen molar-refractivity contribution in [3.05, 3.63) is 0 Å². The minimum Gasteiger partial charge on any atom is -0.351 e. The molecule has 1 unspecified atom stereocenters. The van der Waals surface area contributed by atoms with Gasteiger partial charge in [-0.2, -0.15) is 5.26 Å². The fraction of sp³-hybridized carbons (Fsp3) is 0.778. The summed E-state index contributed by atoms with van der Waals surface area (Å²) in [6.45, 7) is 4.34. The largest absolute Gasteiger partial charge is 0.351 e. The first-order chi connectivity index (χ1) is 6.63. The summed E-state index contributed by atoms with van der Waals surface area (Å²) in [5, 5.41) is 10.9. The van der Waals surface area contributed by atoms with Gasteiger partial charge in [-0.25, -0.2) is 8.42 Å². The number of nitriles is 1. The van der Waals surface area contributed by atoms with Crippen LogP contribution >= 0.6 is 0 Å². The molecule has 0 radical (unpaired) electrons. The third-order valence-corrected chi connectivity index (χ3v) is 4.29. The lowest BCUT2D eigenvalue weighted by Gasteiger charge is -2.23. The molecule has 0 aromatic heterocycles. The lowest BCUT2D eigenvalue weighted by Crippen LogP contribution is -2.50. The molecule has 0 aliphatic heterocycles. The molecule has 0 saturated carbocycles. The van der Waals surface area contributed by atoms with Gasteiger partial charge < -0.3 is 5.32 Å². The molecule has 0 aromatic carbocycles. The minimum absolute atomic E-state index is 0.158. The van der Waals surface area contributed by atoms with Gasteiger partial charge in [0.15, 0.2) is 9.84 Å². The lowest BCUT2D eigenvalue weighted by molar-refractivity contribution is -0.123. The molecule has 0 aliphatic rings. The van der Waals surface area contributed by atoms with E-state index in [0.29, 0.717) is 0 Å². The predicted octanol–water partition coefficient (Wildman–Crippen LogP) is 0.228. The van der Waals surface area contributed by atoms with Gasteiger partial charge >= 0.3 is 0 Å². The van der Waals surface area contributed by atoms with Gasteiger partial charge in [0.05, 0.1) is 12.5 Å². The Morgan fingerprint density at radius 1 is 1.53 bits per heavy atom. The Kier molecular flexibility index (Phi) is 4.28. The molecule has 0 rings (SSSR count). The van der Waals surface area contributed by atoms with Crippen molar-refractivity contribution in [1.29, 1.82) is 5.26 Å². The Morgan fingerprint density at radius 3 is 2.33 bits per heavy atom. The van der Waals surface area contributed by atoms with Crippen LogP contribution in [-0.4, -0.2) is 31.4 Å². The average molecular weight is 232 g/mol. The molecule has 1 amide bonds. The van der Waals surface area contributed by atoms with Gasteiger partial charge in [0.1, 0.15) is 4.75 Å². The molecular weight excluding hydrogens is 216 g/mol. The van der Waals surface area contributed by atoms with Gasteiger partial charge in [0.25, 0.3) is 0 Å². The van der Waals surface area contributed by atoms with E-state index in [1.807, 2.05) is 6.07 Å². The Labute approximate surface area is 90.4 Å². The zero-order valence-electron chi connectivity index (χ0n) is 9.36. The molecule has 0 fully saturated rings. The second kappa shape index (κ2) is 4.62. The first kappa shape index (κ1) is 13.9. The number of rotatable bonds is 4. The van der Waals surface area contributed by atoms with Gasteiger partial charge in [0, 0.05) is 12.3 Å². The van der Waals surface area contributed by atoms with Crippen LogP contribution in [-0.2, 0) is 14.6 Å². The van der Waals surface area contributed by atoms with E-state index < -0.39 is 20.5 Å². The molecule has 0 spiro atoms. The van der Waals surface area contributed by atoms with Crippen LogP contribution in [0.2, 0.25) is 0 Å². The molecule has 86 valence electrons. The Balaban J connectivity index is 4.68. The molecule has 1 atom stereocenters. The van der Waals surface area contributed by atoms with Gasteiger partial charge in [0.2, 0.25) is 5.91 Å². The van der Waals surface area contributed by atoms with Crippen LogP contribution in [0.5, 0.6) is 0 Å². The van der Waals surface area contributed by atoms with Gasteiger partial charge in [-0.05, 0) is 20.8 Å². The van der Waals surface area contributed by atoms with Crippen molar-refractivity contribution < 1.29 is 13.2 Å². The quantitative estimate of drug-likeness (QED) is 0.751. The van der Waals surface area contributed by atoms with Crippen LogP contribution in [0.4, 0.5) is 0 Å². The first-order valence-corrected chi connectivity index (χ1v) is 6.39. The highest BCUT2D eigenvalue weighted by Crippen LogP contribution is 2.15. The van der Waals surface area contributed by atoms with E-state index in [4.69, 9.17) is 5.26 Å². The molecule has 6 heteroatoms. The third kappa shape index (κ3) is 3.51. The summed E-state index contributed by atoms with van der Waals surface area (Å²) >= 11 is 0. The van der Waals surface area contributed by atoms with Crippen molar-refractivity contribution in [3.8, 4) is 6.07 Å². The normalized spacial score (nSPS) is 14.1. The van der Waals surface area contributed by atoms with Crippen molar-refractivity contribution in [2.75, 3.05) is 6.26 Å². The molecule has 0 aromatic rings. The zero-order chi connectivity index (χ0) is 12.3. The molecule has 0 saturated heterocycles. The standard InChI is InChI=1S/C9H16N2O3S/c1-7(5-6-10)11-8(12)9(2,3)15(4,13)14/h7H,5H2,1-4H3,(H,11,12). The summed E-state index contributed by atoms with van der Waals surface area (Å²) in [7, 11) is -3.46. The maximum atomic E-state index is 11.6. The van der Waals surface area contributed by atoms with E-state index in [-0.39, 0.29) is 12.5 Å². The highest BCUT2D eigenvalue weighted by molar-refractivity contribution is 7.92. The number of carbonyl (C=O) groups is 1. The second-order valence-corrected chi connectivity index (χ2v) is 6.58. The number of hydrogen-bond donors (Lipinski definition) is 1. The van der Waals surface area contributed by atoms with Crippen LogP contribution in [0.25, 0.3) is 0 Å². The second-order valence-electron chi connectivity index (χ2n) is 4.02. The van der Waals surface area contributed by atoms with Crippen LogP contribution < -0.4 is 5.32 Å². The van der Waals surface area contributed by atoms with Crippen molar-refractivity contribution in [3.63, 3.8) is 0 Å². The van der Waals surface area contributed by atoms with Gasteiger partial charge in [-0.15, -0.1) is 0 Å². The number of nitrogens with zero attached hydrogens (tertiary/aromatic N) is 1. The summed E-state index contributed by atoms with van der Waals surface area (Å²) in [5.74, 6) is -0.576. The molecular formula is C9H16N2O3S. The minimum atomic E-state index is -3.46. The van der Waals surface area contributed by atoms with E-state index in [2.05, 4.69) is 5.32 Å². The summed E-state index contributed by atoms with van der Waals surface area (Å²) in [4.78, 5) is 11.6. The highest BCUT2D eigenvalue weighted by atomic mass is 32.2. The third-order valence-electron chi connectivity index (χ3n) is 2.25. The number of carbonyl (C=O) groups excluding carboxylic acids is 1. The van der Waals surface area contributed by atoms with Crippen molar-refractivity contribution in [2.45, 2.75) is 38.0 Å². The Hall–Kier alpha value is -1.09. The first-order valence-electron chi connectivity index (χ1n) is 4.50. The molecule has 1 N–H and O–H groups in total. The van der Waals surface area contributed by atoms with Gasteiger partial charge in [-0.1, -0.05) is 0 Å². The Morgan fingerprint density at radius 2 is 2.00 bits per heavy atom. The van der Waals surface area contributed by atoms with Crippen LogP contribution in [0.1, 0.15) is 27.2 Å². The van der Waals surface area contributed by atoms with E-state index in [1.165, 1.54) is 13.8 Å². The summed E-state index contributed by atoms with van der Waals surface area (Å²) < 4.78 is 21.2. The summed E-state index contributed by atoms with van der Waals surface area (Å²) in [6, 6.07) is 1.55. The van der Waals surface area contributed by atoms with Crippen molar-refractivity contribution in [2.24, 2.45) is 0 Å². The van der Waals surface area contributed by atoms with E-state index in [0.717, 1.165) is 6.26 Å². The van der Waals surface area contributed by atoms with Crippen LogP contribution in [0.15, 0.2) is 0 Å². The van der Waals surface area contributed by atoms with E-state index >= 15 is 0 Å². The number of hydrogen-bond acceptors (Lipinski definition) is 4. The summed E-state index contributed by atoms with van der Waals surface area (Å²) in [5.41, 5.74) is 0. The zero-order valence-corrected chi connectivity index (χ0v) is 10.2. The molecule has 0 aliphatic carbocycles. The number of nitrogens with one attached hydrogen (secondary N) is 1. The molecule has 5 nitrogen and oxygen atoms in total. The molecule has 15 heavy (non-hydrogen) atoms. The van der Waals surface area contributed by atoms with Crippen molar-refractivity contribution in [1.82, 2.24) is 5.32 Å².